The van der Waals surface area contributed by atoms with E-state index in [1.54, 1.807) is 17.0 Å². The van der Waals surface area contributed by atoms with Gasteiger partial charge in [-0.2, -0.15) is 0 Å². The van der Waals surface area contributed by atoms with Crippen molar-refractivity contribution in [1.29, 1.82) is 0 Å². The summed E-state index contributed by atoms with van der Waals surface area (Å²) in [4.78, 5) is 1.77. The fourth-order valence-electron chi connectivity index (χ4n) is 2.51. The molecule has 1 aromatic carbocycles. The van der Waals surface area contributed by atoms with Crippen LogP contribution in [0, 0.1) is 5.82 Å². The molecule has 0 saturated carbocycles. The number of benzene rings is 1. The van der Waals surface area contributed by atoms with Crippen molar-refractivity contribution in [3.8, 4) is 0 Å². The van der Waals surface area contributed by atoms with Crippen LogP contribution >= 0.6 is 12.2 Å². The van der Waals surface area contributed by atoms with Crippen molar-refractivity contribution in [2.45, 2.75) is 12.1 Å². The monoisotopic (exact) mass is 286 g/mol. The van der Waals surface area contributed by atoms with Gasteiger partial charge >= 0.3 is 0 Å². The van der Waals surface area contributed by atoms with E-state index in [0.29, 0.717) is 5.11 Å². The molecule has 0 aliphatic carbocycles. The van der Waals surface area contributed by atoms with E-state index >= 15 is 0 Å². The normalized spacial score (nSPS) is 29.2. The molecular weight excluding hydrogens is 275 g/mol. The van der Waals surface area contributed by atoms with Gasteiger partial charge in [-0.25, -0.2) is 12.8 Å². The molecule has 3 rings (SSSR count). The van der Waals surface area contributed by atoms with Crippen molar-refractivity contribution in [2.24, 2.45) is 0 Å². The number of anilines is 1. The first kappa shape index (κ1) is 11.9. The van der Waals surface area contributed by atoms with Gasteiger partial charge in [0.05, 0.1) is 23.6 Å². The zero-order chi connectivity index (χ0) is 12.9. The lowest BCUT2D eigenvalue weighted by Crippen LogP contribution is -2.36. The molecule has 0 bridgehead atoms. The Morgan fingerprint density at radius 2 is 1.94 bits per heavy atom. The smallest absolute Gasteiger partial charge is 0.174 e. The molecule has 0 spiro atoms. The van der Waals surface area contributed by atoms with Crippen molar-refractivity contribution in [1.82, 2.24) is 5.32 Å². The third-order valence-corrected chi connectivity index (χ3v) is 5.32. The first-order chi connectivity index (χ1) is 8.46. The van der Waals surface area contributed by atoms with Crippen LogP contribution in [0.1, 0.15) is 0 Å². The molecule has 4 nitrogen and oxygen atoms in total. The van der Waals surface area contributed by atoms with Crippen LogP contribution in [-0.4, -0.2) is 37.1 Å². The number of sulfone groups is 1. The Morgan fingerprint density at radius 3 is 2.61 bits per heavy atom. The molecule has 7 heteroatoms. The van der Waals surface area contributed by atoms with Gasteiger partial charge in [-0.05, 0) is 36.5 Å². The second kappa shape index (κ2) is 3.89. The molecule has 0 aromatic heterocycles. The highest BCUT2D eigenvalue weighted by Gasteiger charge is 2.47. The van der Waals surface area contributed by atoms with E-state index in [-0.39, 0.29) is 29.4 Å². The first-order valence-corrected chi connectivity index (χ1v) is 7.75. The summed E-state index contributed by atoms with van der Waals surface area (Å²) in [6, 6.07) is 5.55. The van der Waals surface area contributed by atoms with Crippen molar-refractivity contribution < 1.29 is 12.8 Å². The number of halogens is 1. The Bertz CT molecular complexity index is 600. The maximum atomic E-state index is 12.9. The highest BCUT2D eigenvalue weighted by Crippen LogP contribution is 2.29. The predicted octanol–water partition coefficient (Wildman–Crippen LogP) is 0.686. The Labute approximate surface area is 110 Å². The minimum atomic E-state index is -3.02. The van der Waals surface area contributed by atoms with Gasteiger partial charge in [0.15, 0.2) is 14.9 Å². The second-order valence-corrected chi connectivity index (χ2v) is 7.09. The number of hydrogen-bond acceptors (Lipinski definition) is 3. The lowest BCUT2D eigenvalue weighted by atomic mass is 10.1. The van der Waals surface area contributed by atoms with E-state index in [1.807, 2.05) is 0 Å². The van der Waals surface area contributed by atoms with Crippen molar-refractivity contribution in [3.05, 3.63) is 30.1 Å². The Kier molecular flexibility index (Phi) is 2.56. The molecule has 0 radical (unpaired) electrons. The van der Waals surface area contributed by atoms with Crippen LogP contribution in [0.5, 0.6) is 0 Å². The standard InChI is InChI=1S/C11H11FN2O2S2/c12-7-1-3-8(4-2-7)14-10-6-18(15,16)5-9(10)13-11(14)17/h1-4,9-10H,5-6H2,(H,13,17)/t9-,10-/m0/s1. The summed E-state index contributed by atoms with van der Waals surface area (Å²) in [5, 5.41) is 3.53. The van der Waals surface area contributed by atoms with Crippen LogP contribution in [0.25, 0.3) is 0 Å². The summed E-state index contributed by atoms with van der Waals surface area (Å²) in [7, 11) is -3.02. The molecule has 0 unspecified atom stereocenters. The lowest BCUT2D eigenvalue weighted by molar-refractivity contribution is 0.600. The fourth-order valence-corrected chi connectivity index (χ4v) is 4.79. The predicted molar refractivity (Wildman–Crippen MR) is 70.8 cm³/mol. The van der Waals surface area contributed by atoms with Crippen LogP contribution in [0.4, 0.5) is 10.1 Å². The number of nitrogens with zero attached hydrogens (tertiary/aromatic N) is 1. The van der Waals surface area contributed by atoms with Crippen LogP contribution in [-0.2, 0) is 9.84 Å². The van der Waals surface area contributed by atoms with Crippen LogP contribution < -0.4 is 10.2 Å². The van der Waals surface area contributed by atoms with Crippen molar-refractivity contribution in [3.63, 3.8) is 0 Å². The number of hydrogen-bond donors (Lipinski definition) is 1. The molecule has 2 heterocycles. The maximum absolute atomic E-state index is 12.9. The minimum absolute atomic E-state index is 0.0855. The van der Waals surface area contributed by atoms with E-state index in [0.717, 1.165) is 5.69 Å². The summed E-state index contributed by atoms with van der Waals surface area (Å²) in [5.74, 6) is -0.134. The molecule has 18 heavy (non-hydrogen) atoms. The second-order valence-electron chi connectivity index (χ2n) is 4.55. The Morgan fingerprint density at radius 1 is 1.28 bits per heavy atom. The van der Waals surface area contributed by atoms with Gasteiger partial charge in [0.25, 0.3) is 0 Å². The van der Waals surface area contributed by atoms with Gasteiger partial charge in [0.2, 0.25) is 0 Å². The van der Waals surface area contributed by atoms with Gasteiger partial charge in [0.1, 0.15) is 5.82 Å². The third-order valence-electron chi connectivity index (χ3n) is 3.29. The lowest BCUT2D eigenvalue weighted by Gasteiger charge is -2.23. The molecule has 0 amide bonds. The molecule has 2 atom stereocenters. The van der Waals surface area contributed by atoms with Crippen molar-refractivity contribution in [2.75, 3.05) is 16.4 Å². The Balaban J connectivity index is 1.96. The summed E-state index contributed by atoms with van der Waals surface area (Å²) in [6.45, 7) is 0. The summed E-state index contributed by atoms with van der Waals surface area (Å²) < 4.78 is 36.1. The van der Waals surface area contributed by atoms with Gasteiger partial charge in [0, 0.05) is 5.69 Å². The highest BCUT2D eigenvalue weighted by atomic mass is 32.2. The highest BCUT2D eigenvalue weighted by molar-refractivity contribution is 7.91. The van der Waals surface area contributed by atoms with Crippen LogP contribution in [0.15, 0.2) is 24.3 Å². The van der Waals surface area contributed by atoms with E-state index in [2.05, 4.69) is 5.32 Å². The first-order valence-electron chi connectivity index (χ1n) is 5.52. The minimum Gasteiger partial charge on any atom is -0.356 e. The number of nitrogens with one attached hydrogen (secondary N) is 1. The largest absolute Gasteiger partial charge is 0.356 e. The van der Waals surface area contributed by atoms with E-state index in [9.17, 15) is 12.8 Å². The molecule has 1 N–H and O–H groups in total. The Hall–Kier alpha value is -1.21. The summed E-state index contributed by atoms with van der Waals surface area (Å²) >= 11 is 5.21. The molecule has 2 saturated heterocycles. The zero-order valence-corrected chi connectivity index (χ0v) is 11.0. The zero-order valence-electron chi connectivity index (χ0n) is 9.34. The third kappa shape index (κ3) is 1.87. The molecular formula is C11H11FN2O2S2. The number of thiocarbonyl (C=S) groups is 1. The van der Waals surface area contributed by atoms with Gasteiger partial charge in [-0.15, -0.1) is 0 Å². The summed E-state index contributed by atoms with van der Waals surface area (Å²) in [6.07, 6.45) is 0. The van der Waals surface area contributed by atoms with E-state index < -0.39 is 9.84 Å². The topological polar surface area (TPSA) is 49.4 Å². The molecule has 2 aliphatic heterocycles. The van der Waals surface area contributed by atoms with Gasteiger partial charge < -0.3 is 10.2 Å². The molecule has 96 valence electrons. The van der Waals surface area contributed by atoms with E-state index in [4.69, 9.17) is 12.2 Å². The summed E-state index contributed by atoms with van der Waals surface area (Å²) in [5.41, 5.74) is 0.721. The molecule has 2 fully saturated rings. The van der Waals surface area contributed by atoms with E-state index in [1.165, 1.54) is 12.1 Å². The SMILES string of the molecule is O=S1(=O)C[C@@H]2NC(=S)N(c3ccc(F)cc3)[C@H]2C1. The van der Waals surface area contributed by atoms with Gasteiger partial charge in [-0.3, -0.25) is 0 Å². The van der Waals surface area contributed by atoms with Gasteiger partial charge in [-0.1, -0.05) is 0 Å². The molecule has 1 aromatic rings. The number of rotatable bonds is 1. The van der Waals surface area contributed by atoms with Crippen LogP contribution in [0.3, 0.4) is 0 Å². The van der Waals surface area contributed by atoms with Crippen molar-refractivity contribution >= 4 is 32.9 Å². The maximum Gasteiger partial charge on any atom is 0.174 e. The average Bonchev–Trinajstić information content (AvgIpc) is 2.70. The average molecular weight is 286 g/mol. The molecule has 2 aliphatic rings. The number of fused-ring (bicyclic) bond motifs is 1. The fraction of sp³-hybridized carbons (Fsp3) is 0.364. The quantitative estimate of drug-likeness (QED) is 0.770. The van der Waals surface area contributed by atoms with Crippen LogP contribution in [0.2, 0.25) is 0 Å².